The van der Waals surface area contributed by atoms with E-state index in [4.69, 9.17) is 0 Å². The van der Waals surface area contributed by atoms with E-state index in [2.05, 4.69) is 32.6 Å². The second kappa shape index (κ2) is 14.5. The highest BCUT2D eigenvalue weighted by molar-refractivity contribution is 5.76. The highest BCUT2D eigenvalue weighted by atomic mass is 16.2. The second-order valence-electron chi connectivity index (χ2n) is 8.82. The molecule has 0 aliphatic heterocycles. The molecule has 154 valence electrons. The Morgan fingerprint density at radius 2 is 1.38 bits per heavy atom. The summed E-state index contributed by atoms with van der Waals surface area (Å²) in [5.74, 6) is 2.65. The maximum absolute atomic E-state index is 13.1. The number of hydrogen-bond donors (Lipinski definition) is 0. The van der Waals surface area contributed by atoms with Gasteiger partial charge in [0.25, 0.3) is 0 Å². The summed E-state index contributed by atoms with van der Waals surface area (Å²) in [6.45, 7) is 11.2. The van der Waals surface area contributed by atoms with Crippen molar-refractivity contribution >= 4 is 5.91 Å². The van der Waals surface area contributed by atoms with Gasteiger partial charge >= 0.3 is 0 Å². The average molecular weight is 366 g/mol. The molecule has 1 fully saturated rings. The van der Waals surface area contributed by atoms with Gasteiger partial charge in [0.2, 0.25) is 5.91 Å². The summed E-state index contributed by atoms with van der Waals surface area (Å²) in [7, 11) is 0. The van der Waals surface area contributed by atoms with Crippen LogP contribution in [0.5, 0.6) is 0 Å². The van der Waals surface area contributed by atoms with E-state index in [9.17, 15) is 4.79 Å². The maximum Gasteiger partial charge on any atom is 0.222 e. The van der Waals surface area contributed by atoms with E-state index in [1.165, 1.54) is 77.0 Å². The fraction of sp³-hybridized carbons (Fsp3) is 0.958. The average Bonchev–Trinajstić information content (AvgIpc) is 3.18. The van der Waals surface area contributed by atoms with Crippen LogP contribution in [-0.4, -0.2) is 23.9 Å². The minimum absolute atomic E-state index is 0.446. The first-order chi connectivity index (χ1) is 12.6. The number of carbonyl (C=O) groups is 1. The van der Waals surface area contributed by atoms with Crippen molar-refractivity contribution in [2.75, 3.05) is 13.1 Å². The van der Waals surface area contributed by atoms with Crippen molar-refractivity contribution in [3.8, 4) is 0 Å². The van der Waals surface area contributed by atoms with E-state index in [0.717, 1.165) is 31.8 Å². The fourth-order valence-electron chi connectivity index (χ4n) is 4.52. The molecule has 1 amide bonds. The minimum Gasteiger partial charge on any atom is -0.342 e. The van der Waals surface area contributed by atoms with Crippen LogP contribution in [0, 0.1) is 17.8 Å². The molecule has 2 atom stereocenters. The zero-order chi connectivity index (χ0) is 19.2. The zero-order valence-corrected chi connectivity index (χ0v) is 18.4. The predicted octanol–water partition coefficient (Wildman–Crippen LogP) is 7.22. The molecule has 0 bridgehead atoms. The lowest BCUT2D eigenvalue weighted by atomic mass is 9.95. The standard InChI is InChI=1S/C24H47NO/c1-5-9-13-21(7-3)19-25(20-22(8-4)14-10-6-2)24(26)18-17-23-15-11-12-16-23/h21-23H,5-20H2,1-4H3. The first-order valence-electron chi connectivity index (χ1n) is 11.9. The summed E-state index contributed by atoms with van der Waals surface area (Å²) in [5, 5.41) is 0. The summed E-state index contributed by atoms with van der Waals surface area (Å²) in [5.41, 5.74) is 0. The molecule has 0 aromatic carbocycles. The fourth-order valence-corrected chi connectivity index (χ4v) is 4.52. The Bertz CT molecular complexity index is 330. The number of rotatable bonds is 15. The summed E-state index contributed by atoms with van der Waals surface area (Å²) in [6.07, 6.45) is 17.5. The van der Waals surface area contributed by atoms with Crippen molar-refractivity contribution in [1.82, 2.24) is 4.90 Å². The van der Waals surface area contributed by atoms with Gasteiger partial charge in [0, 0.05) is 19.5 Å². The van der Waals surface area contributed by atoms with Crippen LogP contribution in [0.15, 0.2) is 0 Å². The number of amides is 1. The molecule has 0 aromatic heterocycles. The van der Waals surface area contributed by atoms with Gasteiger partial charge in [-0.25, -0.2) is 0 Å². The van der Waals surface area contributed by atoms with Crippen LogP contribution in [0.4, 0.5) is 0 Å². The second-order valence-corrected chi connectivity index (χ2v) is 8.82. The first kappa shape index (κ1) is 23.5. The molecular weight excluding hydrogens is 318 g/mol. The normalized spacial score (nSPS) is 17.4. The van der Waals surface area contributed by atoms with Gasteiger partial charge in [0.05, 0.1) is 0 Å². The number of carbonyl (C=O) groups excluding carboxylic acids is 1. The molecule has 0 aromatic rings. The SMILES string of the molecule is CCCCC(CC)CN(CC(CC)CCCC)C(=O)CCC1CCCC1. The number of nitrogens with zero attached hydrogens (tertiary/aromatic N) is 1. The molecule has 1 rings (SSSR count). The molecule has 0 N–H and O–H groups in total. The molecule has 1 saturated carbocycles. The van der Waals surface area contributed by atoms with Crippen LogP contribution in [0.1, 0.15) is 118 Å². The molecule has 26 heavy (non-hydrogen) atoms. The van der Waals surface area contributed by atoms with Crippen LogP contribution in [0.2, 0.25) is 0 Å². The van der Waals surface area contributed by atoms with Crippen molar-refractivity contribution in [3.05, 3.63) is 0 Å². The van der Waals surface area contributed by atoms with E-state index < -0.39 is 0 Å². The zero-order valence-electron chi connectivity index (χ0n) is 18.4. The molecule has 2 unspecified atom stereocenters. The lowest BCUT2D eigenvalue weighted by Crippen LogP contribution is -2.39. The molecule has 1 aliphatic rings. The Morgan fingerprint density at radius 1 is 0.885 bits per heavy atom. The Balaban J connectivity index is 2.62. The van der Waals surface area contributed by atoms with Crippen molar-refractivity contribution in [2.45, 2.75) is 118 Å². The quantitative estimate of drug-likeness (QED) is 0.300. The number of hydrogen-bond acceptors (Lipinski definition) is 1. The Hall–Kier alpha value is -0.530. The number of unbranched alkanes of at least 4 members (excludes halogenated alkanes) is 2. The van der Waals surface area contributed by atoms with Gasteiger partial charge < -0.3 is 4.90 Å². The summed E-state index contributed by atoms with van der Waals surface area (Å²) >= 11 is 0. The highest BCUT2D eigenvalue weighted by Crippen LogP contribution is 2.29. The molecule has 2 nitrogen and oxygen atoms in total. The highest BCUT2D eigenvalue weighted by Gasteiger charge is 2.23. The minimum atomic E-state index is 0.446. The summed E-state index contributed by atoms with van der Waals surface area (Å²) in [4.78, 5) is 15.4. The van der Waals surface area contributed by atoms with Crippen LogP contribution >= 0.6 is 0 Å². The smallest absolute Gasteiger partial charge is 0.222 e. The van der Waals surface area contributed by atoms with Crippen LogP contribution in [0.3, 0.4) is 0 Å². The molecular formula is C24H47NO. The molecule has 2 heteroatoms. The summed E-state index contributed by atoms with van der Waals surface area (Å²) < 4.78 is 0. The van der Waals surface area contributed by atoms with Gasteiger partial charge in [-0.2, -0.15) is 0 Å². The third-order valence-corrected chi connectivity index (χ3v) is 6.64. The van der Waals surface area contributed by atoms with Crippen molar-refractivity contribution in [3.63, 3.8) is 0 Å². The third-order valence-electron chi connectivity index (χ3n) is 6.64. The van der Waals surface area contributed by atoms with Gasteiger partial charge in [-0.3, -0.25) is 4.79 Å². The predicted molar refractivity (Wildman–Crippen MR) is 114 cm³/mol. The first-order valence-corrected chi connectivity index (χ1v) is 11.9. The Labute approximate surface area is 164 Å². The van der Waals surface area contributed by atoms with E-state index in [1.807, 2.05) is 0 Å². The van der Waals surface area contributed by atoms with Gasteiger partial charge in [-0.15, -0.1) is 0 Å². The van der Waals surface area contributed by atoms with E-state index in [1.54, 1.807) is 0 Å². The molecule has 1 aliphatic carbocycles. The molecule has 0 heterocycles. The lowest BCUT2D eigenvalue weighted by molar-refractivity contribution is -0.133. The largest absolute Gasteiger partial charge is 0.342 e. The molecule has 0 spiro atoms. The third kappa shape index (κ3) is 9.42. The van der Waals surface area contributed by atoms with Gasteiger partial charge in [0.1, 0.15) is 0 Å². The topological polar surface area (TPSA) is 20.3 Å². The van der Waals surface area contributed by atoms with Crippen LogP contribution < -0.4 is 0 Å². The molecule has 0 saturated heterocycles. The van der Waals surface area contributed by atoms with Crippen molar-refractivity contribution < 1.29 is 4.79 Å². The lowest BCUT2D eigenvalue weighted by Gasteiger charge is -2.31. The Morgan fingerprint density at radius 3 is 1.81 bits per heavy atom. The summed E-state index contributed by atoms with van der Waals surface area (Å²) in [6, 6.07) is 0. The Kier molecular flexibility index (Phi) is 13.1. The van der Waals surface area contributed by atoms with Gasteiger partial charge in [-0.05, 0) is 37.0 Å². The van der Waals surface area contributed by atoms with E-state index in [0.29, 0.717) is 17.7 Å². The van der Waals surface area contributed by atoms with Crippen molar-refractivity contribution in [2.24, 2.45) is 17.8 Å². The maximum atomic E-state index is 13.1. The van der Waals surface area contributed by atoms with E-state index in [-0.39, 0.29) is 0 Å². The van der Waals surface area contributed by atoms with Gasteiger partial charge in [-0.1, -0.05) is 91.9 Å². The van der Waals surface area contributed by atoms with Crippen LogP contribution in [0.25, 0.3) is 0 Å². The monoisotopic (exact) mass is 365 g/mol. The molecule has 0 radical (unpaired) electrons. The van der Waals surface area contributed by atoms with Crippen LogP contribution in [-0.2, 0) is 4.79 Å². The van der Waals surface area contributed by atoms with Gasteiger partial charge in [0.15, 0.2) is 0 Å². The van der Waals surface area contributed by atoms with Crippen molar-refractivity contribution in [1.29, 1.82) is 0 Å². The van der Waals surface area contributed by atoms with E-state index >= 15 is 0 Å².